The normalized spacial score (nSPS) is 22.3. The van der Waals surface area contributed by atoms with E-state index in [1.165, 1.54) is 0 Å². The second-order valence-electron chi connectivity index (χ2n) is 4.99. The quantitative estimate of drug-likeness (QED) is 0.736. The highest BCUT2D eigenvalue weighted by Gasteiger charge is 2.26. The van der Waals surface area contributed by atoms with Gasteiger partial charge < -0.3 is 15.7 Å². The molecule has 1 amide bonds. The lowest BCUT2D eigenvalue weighted by molar-refractivity contribution is -0.115. The van der Waals surface area contributed by atoms with Crippen LogP contribution in [-0.2, 0) is 4.79 Å². The van der Waals surface area contributed by atoms with E-state index in [2.05, 4.69) is 10.6 Å². The van der Waals surface area contributed by atoms with Gasteiger partial charge in [-0.3, -0.25) is 4.79 Å². The number of carbonyl (C=O) groups is 1. The molecule has 0 unspecified atom stereocenters. The summed E-state index contributed by atoms with van der Waals surface area (Å²) in [6.07, 6.45) is 1.58. The van der Waals surface area contributed by atoms with Gasteiger partial charge in [-0.25, -0.2) is 0 Å². The van der Waals surface area contributed by atoms with Crippen molar-refractivity contribution in [3.05, 3.63) is 29.8 Å². The van der Waals surface area contributed by atoms with E-state index in [-0.39, 0.29) is 12.0 Å². The minimum Gasteiger partial charge on any atom is -0.393 e. The van der Waals surface area contributed by atoms with Crippen LogP contribution < -0.4 is 10.6 Å². The molecule has 3 N–H and O–H groups in total. The van der Waals surface area contributed by atoms with Gasteiger partial charge in [-0.15, -0.1) is 0 Å². The van der Waals surface area contributed by atoms with Gasteiger partial charge in [-0.05, 0) is 43.9 Å². The minimum atomic E-state index is -0.127. The van der Waals surface area contributed by atoms with Crippen LogP contribution in [0.1, 0.15) is 18.4 Å². The summed E-state index contributed by atoms with van der Waals surface area (Å²) in [7, 11) is 0. The molecule has 1 aliphatic carbocycles. The van der Waals surface area contributed by atoms with Crippen LogP contribution in [0.3, 0.4) is 0 Å². The summed E-state index contributed by atoms with van der Waals surface area (Å²) in [5.41, 5.74) is 1.93. The molecule has 0 aromatic heterocycles. The van der Waals surface area contributed by atoms with E-state index < -0.39 is 0 Å². The van der Waals surface area contributed by atoms with Crippen LogP contribution in [0.4, 0.5) is 5.69 Å². The Kier molecular flexibility index (Phi) is 4.33. The maximum absolute atomic E-state index is 11.7. The number of aliphatic hydroxyl groups excluding tert-OH is 1. The van der Waals surface area contributed by atoms with Crippen LogP contribution in [0, 0.1) is 12.8 Å². The Labute approximate surface area is 107 Å². The van der Waals surface area contributed by atoms with E-state index >= 15 is 0 Å². The molecule has 0 radical (unpaired) electrons. The Morgan fingerprint density at radius 2 is 2.11 bits per heavy atom. The Bertz CT molecular complexity index is 414. The molecule has 4 nitrogen and oxygen atoms in total. The Morgan fingerprint density at radius 1 is 1.39 bits per heavy atom. The maximum atomic E-state index is 11.7. The van der Waals surface area contributed by atoms with E-state index in [1.54, 1.807) is 0 Å². The number of aliphatic hydroxyl groups is 1. The van der Waals surface area contributed by atoms with Crippen molar-refractivity contribution in [2.24, 2.45) is 5.92 Å². The second-order valence-corrected chi connectivity index (χ2v) is 4.99. The topological polar surface area (TPSA) is 61.4 Å². The number of aryl methyl sites for hydroxylation is 1. The lowest BCUT2D eigenvalue weighted by Gasteiger charge is -2.31. The van der Waals surface area contributed by atoms with Crippen LogP contribution in [0.15, 0.2) is 24.3 Å². The van der Waals surface area contributed by atoms with Crippen molar-refractivity contribution < 1.29 is 9.90 Å². The van der Waals surface area contributed by atoms with Crippen LogP contribution in [0.25, 0.3) is 0 Å². The third kappa shape index (κ3) is 3.55. The van der Waals surface area contributed by atoms with E-state index in [9.17, 15) is 4.79 Å². The molecular formula is C14H20N2O2. The highest BCUT2D eigenvalue weighted by molar-refractivity contribution is 5.92. The first-order valence-corrected chi connectivity index (χ1v) is 6.39. The number of para-hydroxylation sites is 1. The zero-order valence-corrected chi connectivity index (χ0v) is 10.6. The molecule has 1 fully saturated rings. The first-order valence-electron chi connectivity index (χ1n) is 6.39. The number of nitrogens with one attached hydrogen (secondary N) is 2. The highest BCUT2D eigenvalue weighted by Crippen LogP contribution is 2.25. The second kappa shape index (κ2) is 5.98. The van der Waals surface area contributed by atoms with Gasteiger partial charge in [-0.1, -0.05) is 18.2 Å². The van der Waals surface area contributed by atoms with Crippen LogP contribution in [0.2, 0.25) is 0 Å². The summed E-state index contributed by atoms with van der Waals surface area (Å²) in [5, 5.41) is 15.1. The minimum absolute atomic E-state index is 0.0239. The molecule has 2 rings (SSSR count). The number of amides is 1. The van der Waals surface area contributed by atoms with Gasteiger partial charge >= 0.3 is 0 Å². The molecule has 0 bridgehead atoms. The van der Waals surface area contributed by atoms with Crippen LogP contribution in [0.5, 0.6) is 0 Å². The number of benzene rings is 1. The maximum Gasteiger partial charge on any atom is 0.238 e. The fourth-order valence-corrected chi connectivity index (χ4v) is 2.16. The van der Waals surface area contributed by atoms with Crippen molar-refractivity contribution in [2.75, 3.05) is 18.4 Å². The average molecular weight is 248 g/mol. The average Bonchev–Trinajstić information content (AvgIpc) is 2.30. The molecule has 1 aromatic rings. The van der Waals surface area contributed by atoms with Crippen LogP contribution in [-0.4, -0.2) is 30.2 Å². The smallest absolute Gasteiger partial charge is 0.238 e. The molecule has 1 aromatic carbocycles. The summed E-state index contributed by atoms with van der Waals surface area (Å²) < 4.78 is 0. The third-order valence-electron chi connectivity index (χ3n) is 3.35. The van der Waals surface area contributed by atoms with Gasteiger partial charge in [0.15, 0.2) is 0 Å². The lowest BCUT2D eigenvalue weighted by Crippen LogP contribution is -2.38. The summed E-state index contributed by atoms with van der Waals surface area (Å²) >= 11 is 0. The van der Waals surface area contributed by atoms with Gasteiger partial charge in [0.2, 0.25) is 5.91 Å². The molecule has 0 spiro atoms. The molecule has 1 saturated carbocycles. The van der Waals surface area contributed by atoms with E-state index in [0.29, 0.717) is 12.5 Å². The van der Waals surface area contributed by atoms with E-state index in [4.69, 9.17) is 5.11 Å². The molecule has 0 atom stereocenters. The van der Waals surface area contributed by atoms with Crippen molar-refractivity contribution >= 4 is 11.6 Å². The summed E-state index contributed by atoms with van der Waals surface area (Å²) in [6.45, 7) is 3.10. The highest BCUT2D eigenvalue weighted by atomic mass is 16.3. The summed E-state index contributed by atoms with van der Waals surface area (Å²) in [4.78, 5) is 11.7. The standard InChI is InChI=1S/C14H20N2O2/c1-10-4-2-3-5-13(10)16-14(18)9-15-8-11-6-12(17)7-11/h2-5,11-12,15,17H,6-9H2,1H3,(H,16,18). The molecular weight excluding hydrogens is 228 g/mol. The summed E-state index contributed by atoms with van der Waals surface area (Å²) in [5.74, 6) is 0.496. The molecule has 18 heavy (non-hydrogen) atoms. The SMILES string of the molecule is Cc1ccccc1NC(=O)CNCC1CC(O)C1. The third-order valence-corrected chi connectivity index (χ3v) is 3.35. The van der Waals surface area contributed by atoms with Crippen molar-refractivity contribution in [2.45, 2.75) is 25.9 Å². The molecule has 0 aliphatic heterocycles. The van der Waals surface area contributed by atoms with Crippen molar-refractivity contribution in [3.8, 4) is 0 Å². The van der Waals surface area contributed by atoms with Crippen molar-refractivity contribution in [3.63, 3.8) is 0 Å². The Morgan fingerprint density at radius 3 is 2.78 bits per heavy atom. The fraction of sp³-hybridized carbons (Fsp3) is 0.500. The Hall–Kier alpha value is -1.39. The predicted molar refractivity (Wildman–Crippen MR) is 71.4 cm³/mol. The number of anilines is 1. The van der Waals surface area contributed by atoms with Gasteiger partial charge in [0, 0.05) is 5.69 Å². The van der Waals surface area contributed by atoms with Gasteiger partial charge in [0.1, 0.15) is 0 Å². The van der Waals surface area contributed by atoms with Gasteiger partial charge in [0.05, 0.1) is 12.6 Å². The summed E-state index contributed by atoms with van der Waals surface area (Å²) in [6, 6.07) is 7.73. The molecule has 0 saturated heterocycles. The van der Waals surface area contributed by atoms with Crippen molar-refractivity contribution in [1.29, 1.82) is 0 Å². The van der Waals surface area contributed by atoms with E-state index in [0.717, 1.165) is 30.6 Å². The van der Waals surface area contributed by atoms with Gasteiger partial charge in [0.25, 0.3) is 0 Å². The Balaban J connectivity index is 1.68. The number of rotatable bonds is 5. The monoisotopic (exact) mass is 248 g/mol. The van der Waals surface area contributed by atoms with Gasteiger partial charge in [-0.2, -0.15) is 0 Å². The fourth-order valence-electron chi connectivity index (χ4n) is 2.16. The zero-order valence-electron chi connectivity index (χ0n) is 10.6. The zero-order chi connectivity index (χ0) is 13.0. The largest absolute Gasteiger partial charge is 0.393 e. The van der Waals surface area contributed by atoms with Crippen molar-refractivity contribution in [1.82, 2.24) is 5.32 Å². The number of carbonyl (C=O) groups excluding carboxylic acids is 1. The number of hydrogen-bond donors (Lipinski definition) is 3. The van der Waals surface area contributed by atoms with E-state index in [1.807, 2.05) is 31.2 Å². The van der Waals surface area contributed by atoms with Crippen LogP contribution >= 0.6 is 0 Å². The molecule has 1 aliphatic rings. The molecule has 4 heteroatoms. The predicted octanol–water partition coefficient (Wildman–Crippen LogP) is 1.29. The lowest BCUT2D eigenvalue weighted by atomic mass is 9.82. The number of hydrogen-bond acceptors (Lipinski definition) is 3. The molecule has 98 valence electrons. The first kappa shape index (κ1) is 13.1. The first-order chi connectivity index (χ1) is 8.65. The molecule has 0 heterocycles.